The average Bonchev–Trinajstić information content (AvgIpc) is 2.36. The van der Waals surface area contributed by atoms with Crippen molar-refractivity contribution in [3.8, 4) is 5.75 Å². The van der Waals surface area contributed by atoms with Crippen LogP contribution in [0.5, 0.6) is 5.75 Å². The summed E-state index contributed by atoms with van der Waals surface area (Å²) in [6, 6.07) is 3.84. The zero-order valence-corrected chi connectivity index (χ0v) is 12.7. The van der Waals surface area contributed by atoms with Gasteiger partial charge in [0.15, 0.2) is 0 Å². The van der Waals surface area contributed by atoms with Gasteiger partial charge in [-0.15, -0.1) is 0 Å². The second-order valence-electron chi connectivity index (χ2n) is 6.00. The minimum absolute atomic E-state index is 0.0423. The number of phenolic OH excluding ortho intramolecular Hbond substituents is 1. The van der Waals surface area contributed by atoms with Crippen molar-refractivity contribution in [1.82, 2.24) is 0 Å². The van der Waals surface area contributed by atoms with Crippen LogP contribution in [0.1, 0.15) is 43.9 Å². The molecule has 0 heterocycles. The normalized spacial score (nSPS) is 11.4. The van der Waals surface area contributed by atoms with E-state index in [-0.39, 0.29) is 31.0 Å². The topological polar surface area (TPSA) is 66.8 Å². The number of benzene rings is 1. The number of carbonyl (C=O) groups excluding carboxylic acids is 1. The fraction of sp³-hybridized carbons (Fsp3) is 0.562. The van der Waals surface area contributed by atoms with Crippen LogP contribution in [0.15, 0.2) is 12.1 Å². The van der Waals surface area contributed by atoms with Crippen LogP contribution in [0, 0.1) is 6.92 Å². The molecule has 20 heavy (non-hydrogen) atoms. The maximum Gasteiger partial charge on any atom is 0.306 e. The van der Waals surface area contributed by atoms with Crippen molar-refractivity contribution < 1.29 is 19.7 Å². The molecule has 1 aromatic rings. The van der Waals surface area contributed by atoms with E-state index in [2.05, 4.69) is 0 Å². The molecule has 0 amide bonds. The number of hydrogen-bond acceptors (Lipinski definition) is 4. The predicted molar refractivity (Wildman–Crippen MR) is 77.9 cm³/mol. The number of esters is 1. The first-order chi connectivity index (χ1) is 9.25. The first-order valence-electron chi connectivity index (χ1n) is 6.85. The highest BCUT2D eigenvalue weighted by Crippen LogP contribution is 2.34. The highest BCUT2D eigenvalue weighted by atomic mass is 16.5. The Kier molecular flexibility index (Phi) is 5.57. The second-order valence-corrected chi connectivity index (χ2v) is 6.00. The summed E-state index contributed by atoms with van der Waals surface area (Å²) in [5, 5.41) is 18.7. The minimum Gasteiger partial charge on any atom is -0.507 e. The van der Waals surface area contributed by atoms with Gasteiger partial charge in [-0.3, -0.25) is 4.79 Å². The summed E-state index contributed by atoms with van der Waals surface area (Å²) in [4.78, 5) is 11.4. The standard InChI is InChI=1S/C16H24O4/c1-11-9-12(5-6-14(18)20-8-7-17)10-13(15(11)19)16(2,3)4/h9-10,17,19H,5-8H2,1-4H3. The van der Waals surface area contributed by atoms with Crippen LogP contribution in [0.25, 0.3) is 0 Å². The van der Waals surface area contributed by atoms with Gasteiger partial charge < -0.3 is 14.9 Å². The Hall–Kier alpha value is -1.55. The number of aryl methyl sites for hydroxylation is 2. The van der Waals surface area contributed by atoms with E-state index in [4.69, 9.17) is 9.84 Å². The molecule has 0 spiro atoms. The van der Waals surface area contributed by atoms with Crippen molar-refractivity contribution in [2.75, 3.05) is 13.2 Å². The number of aliphatic hydroxyl groups excluding tert-OH is 1. The van der Waals surface area contributed by atoms with Crippen LogP contribution in [0.2, 0.25) is 0 Å². The molecule has 0 radical (unpaired) electrons. The lowest BCUT2D eigenvalue weighted by Crippen LogP contribution is -2.13. The fourth-order valence-electron chi connectivity index (χ4n) is 2.05. The Morgan fingerprint density at radius 1 is 1.30 bits per heavy atom. The van der Waals surface area contributed by atoms with Crippen LogP contribution in [-0.2, 0) is 21.4 Å². The molecule has 0 fully saturated rings. The van der Waals surface area contributed by atoms with E-state index in [9.17, 15) is 9.90 Å². The Morgan fingerprint density at radius 3 is 2.50 bits per heavy atom. The summed E-state index contributed by atoms with van der Waals surface area (Å²) in [7, 11) is 0. The number of aromatic hydroxyl groups is 1. The summed E-state index contributed by atoms with van der Waals surface area (Å²) in [6.45, 7) is 7.87. The van der Waals surface area contributed by atoms with E-state index in [0.29, 0.717) is 12.2 Å². The van der Waals surface area contributed by atoms with E-state index in [0.717, 1.165) is 16.7 Å². The minimum atomic E-state index is -0.318. The molecule has 0 saturated heterocycles. The van der Waals surface area contributed by atoms with Crippen LogP contribution in [-0.4, -0.2) is 29.4 Å². The first-order valence-corrected chi connectivity index (χ1v) is 6.85. The average molecular weight is 280 g/mol. The van der Waals surface area contributed by atoms with Gasteiger partial charge in [0.25, 0.3) is 0 Å². The molecule has 0 atom stereocenters. The summed E-state index contributed by atoms with van der Waals surface area (Å²) < 4.78 is 4.83. The third-order valence-corrected chi connectivity index (χ3v) is 3.14. The molecular formula is C16H24O4. The largest absolute Gasteiger partial charge is 0.507 e. The molecular weight excluding hydrogens is 256 g/mol. The van der Waals surface area contributed by atoms with Crippen molar-refractivity contribution in [3.05, 3.63) is 28.8 Å². The lowest BCUT2D eigenvalue weighted by molar-refractivity contribution is -0.144. The molecule has 0 saturated carbocycles. The predicted octanol–water partition coefficient (Wildman–Crippen LogP) is 2.47. The lowest BCUT2D eigenvalue weighted by atomic mass is 9.83. The molecule has 4 nitrogen and oxygen atoms in total. The first kappa shape index (κ1) is 16.5. The van der Waals surface area contributed by atoms with Gasteiger partial charge in [-0.25, -0.2) is 0 Å². The summed E-state index contributed by atoms with van der Waals surface area (Å²) >= 11 is 0. The van der Waals surface area contributed by atoms with Crippen molar-refractivity contribution in [3.63, 3.8) is 0 Å². The molecule has 0 aromatic heterocycles. The van der Waals surface area contributed by atoms with E-state index in [1.54, 1.807) is 0 Å². The second kappa shape index (κ2) is 6.75. The third-order valence-electron chi connectivity index (χ3n) is 3.14. The zero-order valence-electron chi connectivity index (χ0n) is 12.7. The molecule has 112 valence electrons. The van der Waals surface area contributed by atoms with Gasteiger partial charge >= 0.3 is 5.97 Å². The van der Waals surface area contributed by atoms with E-state index >= 15 is 0 Å². The highest BCUT2D eigenvalue weighted by Gasteiger charge is 2.20. The molecule has 1 aromatic carbocycles. The van der Waals surface area contributed by atoms with E-state index in [1.807, 2.05) is 39.8 Å². The molecule has 0 aliphatic carbocycles. The highest BCUT2D eigenvalue weighted by molar-refractivity contribution is 5.69. The van der Waals surface area contributed by atoms with E-state index in [1.165, 1.54) is 0 Å². The fourth-order valence-corrected chi connectivity index (χ4v) is 2.05. The summed E-state index contributed by atoms with van der Waals surface area (Å²) in [5.41, 5.74) is 2.56. The Morgan fingerprint density at radius 2 is 1.95 bits per heavy atom. The number of hydrogen-bond donors (Lipinski definition) is 2. The molecule has 4 heteroatoms. The number of rotatable bonds is 5. The number of ether oxygens (including phenoxy) is 1. The smallest absolute Gasteiger partial charge is 0.306 e. The quantitative estimate of drug-likeness (QED) is 0.813. The van der Waals surface area contributed by atoms with Crippen molar-refractivity contribution in [2.24, 2.45) is 0 Å². The molecule has 0 bridgehead atoms. The third kappa shape index (κ3) is 4.53. The Balaban J connectivity index is 2.82. The summed E-state index contributed by atoms with van der Waals surface area (Å²) in [5.74, 6) is 0.00573. The van der Waals surface area contributed by atoms with Gasteiger partial charge in [-0.2, -0.15) is 0 Å². The van der Waals surface area contributed by atoms with Gasteiger partial charge in [0.2, 0.25) is 0 Å². The molecule has 0 aliphatic heterocycles. The maximum atomic E-state index is 11.4. The van der Waals surface area contributed by atoms with Crippen LogP contribution in [0.3, 0.4) is 0 Å². The van der Waals surface area contributed by atoms with Crippen molar-refractivity contribution in [2.45, 2.75) is 46.0 Å². The Labute approximate surface area is 120 Å². The SMILES string of the molecule is Cc1cc(CCC(=O)OCCO)cc(C(C)(C)C)c1O. The molecule has 2 N–H and O–H groups in total. The number of phenols is 1. The maximum absolute atomic E-state index is 11.4. The van der Waals surface area contributed by atoms with Gasteiger partial charge in [0.1, 0.15) is 12.4 Å². The van der Waals surface area contributed by atoms with Gasteiger partial charge in [-0.05, 0) is 35.4 Å². The summed E-state index contributed by atoms with van der Waals surface area (Å²) in [6.07, 6.45) is 0.836. The van der Waals surface area contributed by atoms with E-state index < -0.39 is 0 Å². The van der Waals surface area contributed by atoms with Gasteiger partial charge in [-0.1, -0.05) is 32.9 Å². The molecule has 1 rings (SSSR count). The van der Waals surface area contributed by atoms with Crippen LogP contribution >= 0.6 is 0 Å². The number of aliphatic hydroxyl groups is 1. The van der Waals surface area contributed by atoms with Crippen LogP contribution in [0.4, 0.5) is 0 Å². The molecule has 0 unspecified atom stereocenters. The van der Waals surface area contributed by atoms with Crippen molar-refractivity contribution in [1.29, 1.82) is 0 Å². The molecule has 0 aliphatic rings. The lowest BCUT2D eigenvalue weighted by Gasteiger charge is -2.22. The Bertz CT molecular complexity index is 472. The van der Waals surface area contributed by atoms with Crippen molar-refractivity contribution >= 4 is 5.97 Å². The van der Waals surface area contributed by atoms with Gasteiger partial charge in [0, 0.05) is 6.42 Å². The number of carbonyl (C=O) groups is 1. The van der Waals surface area contributed by atoms with Crippen LogP contribution < -0.4 is 0 Å². The zero-order chi connectivity index (χ0) is 15.3. The monoisotopic (exact) mass is 280 g/mol. The van der Waals surface area contributed by atoms with Gasteiger partial charge in [0.05, 0.1) is 6.61 Å².